The quantitative estimate of drug-likeness (QED) is 0.465. The van der Waals surface area contributed by atoms with Crippen molar-refractivity contribution in [2.75, 3.05) is 6.54 Å². The Morgan fingerprint density at radius 1 is 1.44 bits per heavy atom. The second-order valence-electron chi connectivity index (χ2n) is 1.63. The number of hydrogen-bond donors (Lipinski definition) is 0. The van der Waals surface area contributed by atoms with Gasteiger partial charge in [0.05, 0.1) is 11.8 Å². The second kappa shape index (κ2) is 3.88. The fraction of sp³-hybridized carbons (Fsp3) is 0.600. The molecule has 4 heteroatoms. The van der Waals surface area contributed by atoms with Gasteiger partial charge in [0, 0.05) is 0 Å². The molecule has 0 aromatic heterocycles. The van der Waals surface area contributed by atoms with Crippen LogP contribution in [0.5, 0.6) is 0 Å². The third kappa shape index (κ3) is 2.69. The molecule has 0 aromatic carbocycles. The summed E-state index contributed by atoms with van der Waals surface area (Å²) in [6.07, 6.45) is 5.29. The summed E-state index contributed by atoms with van der Waals surface area (Å²) in [6.45, 7) is 0.702. The zero-order valence-electron chi connectivity index (χ0n) is 4.99. The van der Waals surface area contributed by atoms with Crippen LogP contribution in [0.1, 0.15) is 12.8 Å². The van der Waals surface area contributed by atoms with E-state index in [-0.39, 0.29) is 0 Å². The molecule has 0 N–H and O–H groups in total. The van der Waals surface area contributed by atoms with Crippen molar-refractivity contribution in [3.05, 3.63) is 12.3 Å². The second-order valence-corrected chi connectivity index (χ2v) is 1.63. The van der Waals surface area contributed by atoms with Crippen LogP contribution >= 0.6 is 0 Å². The maximum Gasteiger partial charge on any atom is 0.141 e. The Bertz CT molecular complexity index is 108. The summed E-state index contributed by atoms with van der Waals surface area (Å²) in [5.74, 6) is 0. The minimum absolute atomic E-state index is 0.702. The average Bonchev–Trinajstić information content (AvgIpc) is 2.00. The van der Waals surface area contributed by atoms with Gasteiger partial charge in [0.1, 0.15) is 6.26 Å². The van der Waals surface area contributed by atoms with Crippen molar-refractivity contribution >= 4 is 0 Å². The Balaban J connectivity index is 2.28. The fourth-order valence-corrected chi connectivity index (χ4v) is 0.496. The first kappa shape index (κ1) is 6.07. The van der Waals surface area contributed by atoms with Crippen LogP contribution in [0.25, 0.3) is 0 Å². The SMILES string of the molecule is C1=COON=NCCC1. The van der Waals surface area contributed by atoms with Gasteiger partial charge in [-0.3, -0.25) is 4.89 Å². The highest BCUT2D eigenvalue weighted by atomic mass is 17.3. The smallest absolute Gasteiger partial charge is 0.141 e. The molecule has 50 valence electrons. The van der Waals surface area contributed by atoms with E-state index >= 15 is 0 Å². The van der Waals surface area contributed by atoms with Gasteiger partial charge in [-0.1, -0.05) is 0 Å². The van der Waals surface area contributed by atoms with Gasteiger partial charge in [0.25, 0.3) is 0 Å². The highest BCUT2D eigenvalue weighted by Gasteiger charge is 1.85. The summed E-state index contributed by atoms with van der Waals surface area (Å²) in [7, 11) is 0. The van der Waals surface area contributed by atoms with Crippen molar-refractivity contribution in [2.45, 2.75) is 12.8 Å². The van der Waals surface area contributed by atoms with Crippen molar-refractivity contribution in [3.63, 3.8) is 0 Å². The topological polar surface area (TPSA) is 43.2 Å². The van der Waals surface area contributed by atoms with E-state index in [0.29, 0.717) is 6.54 Å². The van der Waals surface area contributed by atoms with Crippen molar-refractivity contribution < 1.29 is 9.88 Å². The molecule has 0 unspecified atom stereocenters. The molecule has 0 spiro atoms. The minimum atomic E-state index is 0.702. The molecule has 0 atom stereocenters. The van der Waals surface area contributed by atoms with Gasteiger partial charge in [0.2, 0.25) is 0 Å². The van der Waals surface area contributed by atoms with Gasteiger partial charge >= 0.3 is 0 Å². The Hall–Kier alpha value is -1.06. The highest BCUT2D eigenvalue weighted by molar-refractivity contribution is 4.72. The lowest BCUT2D eigenvalue weighted by molar-refractivity contribution is -0.257. The molecule has 0 saturated carbocycles. The molecule has 1 heterocycles. The maximum absolute atomic E-state index is 4.41. The molecule has 1 rings (SSSR count). The van der Waals surface area contributed by atoms with E-state index in [0.717, 1.165) is 12.8 Å². The summed E-state index contributed by atoms with van der Waals surface area (Å²) in [6, 6.07) is 0. The zero-order valence-corrected chi connectivity index (χ0v) is 4.99. The standard InChI is InChI=1S/C5H8N2O2/c1-2-4-6-7-9-8-5-3-1/h3,5H,1-2,4H2. The van der Waals surface area contributed by atoms with Crippen LogP contribution in [0.3, 0.4) is 0 Å². The molecule has 1 aliphatic heterocycles. The van der Waals surface area contributed by atoms with E-state index in [9.17, 15) is 0 Å². The first-order chi connectivity index (χ1) is 4.50. The lowest BCUT2D eigenvalue weighted by Crippen LogP contribution is -1.75. The van der Waals surface area contributed by atoms with E-state index in [1.165, 1.54) is 6.26 Å². The summed E-state index contributed by atoms with van der Waals surface area (Å²) < 4.78 is 0. The molecule has 0 amide bonds. The Kier molecular flexibility index (Phi) is 2.62. The van der Waals surface area contributed by atoms with Crippen molar-refractivity contribution in [1.29, 1.82) is 0 Å². The normalized spacial score (nSPS) is 18.7. The molecule has 0 aromatic rings. The number of allylic oxidation sites excluding steroid dienone is 1. The van der Waals surface area contributed by atoms with Gasteiger partial charge in [-0.05, 0) is 18.9 Å². The molecule has 0 aliphatic carbocycles. The van der Waals surface area contributed by atoms with E-state index in [4.69, 9.17) is 0 Å². The van der Waals surface area contributed by atoms with Crippen LogP contribution in [0, 0.1) is 0 Å². The average molecular weight is 128 g/mol. The molecular formula is C5H8N2O2. The molecule has 9 heavy (non-hydrogen) atoms. The number of rotatable bonds is 0. The molecular weight excluding hydrogens is 120 g/mol. The Morgan fingerprint density at radius 3 is 3.44 bits per heavy atom. The minimum Gasteiger partial charge on any atom is -0.274 e. The molecule has 1 aliphatic rings. The molecule has 0 bridgehead atoms. The summed E-state index contributed by atoms with van der Waals surface area (Å²) in [4.78, 5) is 8.64. The van der Waals surface area contributed by atoms with Crippen LogP contribution in [-0.4, -0.2) is 6.54 Å². The van der Waals surface area contributed by atoms with E-state index in [2.05, 4.69) is 20.3 Å². The molecule has 0 radical (unpaired) electrons. The highest BCUT2D eigenvalue weighted by Crippen LogP contribution is 1.96. The first-order valence-electron chi connectivity index (χ1n) is 2.84. The largest absolute Gasteiger partial charge is 0.274 e. The third-order valence-corrected chi connectivity index (χ3v) is 0.915. The Labute approximate surface area is 53.1 Å². The monoisotopic (exact) mass is 128 g/mol. The van der Waals surface area contributed by atoms with E-state index in [1.54, 1.807) is 0 Å². The van der Waals surface area contributed by atoms with Gasteiger partial charge in [0.15, 0.2) is 0 Å². The van der Waals surface area contributed by atoms with Crippen molar-refractivity contribution in [2.24, 2.45) is 10.4 Å². The fourth-order valence-electron chi connectivity index (χ4n) is 0.496. The lowest BCUT2D eigenvalue weighted by Gasteiger charge is -1.86. The first-order valence-corrected chi connectivity index (χ1v) is 2.84. The molecule has 0 saturated heterocycles. The van der Waals surface area contributed by atoms with Gasteiger partial charge in [-0.2, -0.15) is 0 Å². The van der Waals surface area contributed by atoms with Gasteiger partial charge in [-0.25, -0.2) is 0 Å². The van der Waals surface area contributed by atoms with Crippen LogP contribution < -0.4 is 0 Å². The van der Waals surface area contributed by atoms with Crippen molar-refractivity contribution in [1.82, 2.24) is 0 Å². The van der Waals surface area contributed by atoms with Crippen LogP contribution in [0.2, 0.25) is 0 Å². The van der Waals surface area contributed by atoms with E-state index in [1.807, 2.05) is 6.08 Å². The van der Waals surface area contributed by atoms with Crippen LogP contribution in [-0.2, 0) is 9.88 Å². The third-order valence-electron chi connectivity index (χ3n) is 0.915. The Morgan fingerprint density at radius 2 is 2.44 bits per heavy atom. The van der Waals surface area contributed by atoms with E-state index < -0.39 is 0 Å². The van der Waals surface area contributed by atoms with Crippen LogP contribution in [0.15, 0.2) is 22.7 Å². The van der Waals surface area contributed by atoms with Crippen molar-refractivity contribution in [3.8, 4) is 0 Å². The summed E-state index contributed by atoms with van der Waals surface area (Å²) in [5.41, 5.74) is 0. The predicted octanol–water partition coefficient (Wildman–Crippen LogP) is 1.61. The number of hydrogen-bond acceptors (Lipinski definition) is 4. The molecule has 0 fully saturated rings. The van der Waals surface area contributed by atoms with Crippen LogP contribution in [0.4, 0.5) is 0 Å². The summed E-state index contributed by atoms with van der Waals surface area (Å²) in [5, 5.41) is 6.87. The van der Waals surface area contributed by atoms with Gasteiger partial charge in [-0.15, -0.1) is 10.1 Å². The van der Waals surface area contributed by atoms with Gasteiger partial charge < -0.3 is 0 Å². The maximum atomic E-state index is 4.41. The zero-order chi connectivity index (χ0) is 6.36. The molecule has 4 nitrogen and oxygen atoms in total. The lowest BCUT2D eigenvalue weighted by atomic mass is 10.3. The predicted molar refractivity (Wildman–Crippen MR) is 30.3 cm³/mol. The summed E-state index contributed by atoms with van der Waals surface area (Å²) >= 11 is 0. The number of nitrogens with zero attached hydrogens (tertiary/aromatic N) is 2.